The molecule has 19 heavy (non-hydrogen) atoms. The first-order valence-corrected chi connectivity index (χ1v) is 7.01. The van der Waals surface area contributed by atoms with E-state index in [2.05, 4.69) is 10.6 Å². The van der Waals surface area contributed by atoms with Gasteiger partial charge in [0.15, 0.2) is 0 Å². The monoisotopic (exact) mass is 269 g/mol. The molecular weight excluding hydrogens is 246 g/mol. The second-order valence-electron chi connectivity index (χ2n) is 5.27. The number of carbonyl (C=O) groups is 2. The number of amides is 2. The first-order chi connectivity index (χ1) is 9.20. The Labute approximate surface area is 113 Å². The van der Waals surface area contributed by atoms with Crippen LogP contribution >= 0.6 is 0 Å². The zero-order valence-corrected chi connectivity index (χ0v) is 11.5. The molecule has 0 radical (unpaired) electrons. The molecule has 6 nitrogen and oxygen atoms in total. The van der Waals surface area contributed by atoms with Crippen molar-refractivity contribution in [3.8, 4) is 0 Å². The van der Waals surface area contributed by atoms with E-state index in [1.54, 1.807) is 4.90 Å². The van der Waals surface area contributed by atoms with Crippen LogP contribution in [0.25, 0.3) is 0 Å². The molecule has 2 heterocycles. The van der Waals surface area contributed by atoms with E-state index in [0.717, 1.165) is 38.8 Å². The number of nitrogens with zero attached hydrogens (tertiary/aromatic N) is 1. The standard InChI is InChI=1S/C13H23N3O3/c1-19-9-12(17)16-7-3-4-10(8-16)15-13(18)11-5-2-6-14-11/h10-11,14H,2-9H2,1H3,(H,15,18)/t10?,11-/m0/s1. The highest BCUT2D eigenvalue weighted by molar-refractivity contribution is 5.82. The molecule has 0 spiro atoms. The van der Waals surface area contributed by atoms with Crippen molar-refractivity contribution in [1.82, 2.24) is 15.5 Å². The van der Waals surface area contributed by atoms with Gasteiger partial charge in [0.05, 0.1) is 6.04 Å². The Morgan fingerprint density at radius 1 is 1.37 bits per heavy atom. The van der Waals surface area contributed by atoms with Gasteiger partial charge in [-0.2, -0.15) is 0 Å². The van der Waals surface area contributed by atoms with Crippen LogP contribution in [0.15, 0.2) is 0 Å². The van der Waals surface area contributed by atoms with Crippen LogP contribution in [0.3, 0.4) is 0 Å². The molecule has 0 aromatic rings. The van der Waals surface area contributed by atoms with E-state index in [1.807, 2.05) is 0 Å². The molecule has 2 saturated heterocycles. The zero-order chi connectivity index (χ0) is 13.7. The Kier molecular flexibility index (Phi) is 5.15. The number of likely N-dealkylation sites (tertiary alicyclic amines) is 1. The summed E-state index contributed by atoms with van der Waals surface area (Å²) in [6.07, 6.45) is 3.83. The van der Waals surface area contributed by atoms with E-state index < -0.39 is 0 Å². The molecule has 2 N–H and O–H groups in total. The fourth-order valence-corrected chi connectivity index (χ4v) is 2.75. The fraction of sp³-hybridized carbons (Fsp3) is 0.846. The Balaban J connectivity index is 1.80. The number of hydrogen-bond acceptors (Lipinski definition) is 4. The lowest BCUT2D eigenvalue weighted by Gasteiger charge is -2.33. The van der Waals surface area contributed by atoms with Gasteiger partial charge in [-0.15, -0.1) is 0 Å². The minimum Gasteiger partial charge on any atom is -0.375 e. The van der Waals surface area contributed by atoms with Crippen molar-refractivity contribution in [2.24, 2.45) is 0 Å². The first-order valence-electron chi connectivity index (χ1n) is 7.01. The van der Waals surface area contributed by atoms with Gasteiger partial charge in [-0.25, -0.2) is 0 Å². The minimum atomic E-state index is -0.0509. The van der Waals surface area contributed by atoms with Crippen LogP contribution in [0.2, 0.25) is 0 Å². The molecule has 2 atom stereocenters. The van der Waals surface area contributed by atoms with Crippen molar-refractivity contribution in [2.75, 3.05) is 33.4 Å². The minimum absolute atomic E-state index is 0.000408. The van der Waals surface area contributed by atoms with Crippen LogP contribution in [0.1, 0.15) is 25.7 Å². The summed E-state index contributed by atoms with van der Waals surface area (Å²) >= 11 is 0. The second kappa shape index (κ2) is 6.86. The molecular formula is C13H23N3O3. The van der Waals surface area contributed by atoms with Crippen LogP contribution in [-0.4, -0.2) is 62.1 Å². The molecule has 0 aliphatic carbocycles. The molecule has 0 saturated carbocycles. The van der Waals surface area contributed by atoms with Gasteiger partial charge in [0.2, 0.25) is 11.8 Å². The van der Waals surface area contributed by atoms with Crippen LogP contribution in [0.5, 0.6) is 0 Å². The van der Waals surface area contributed by atoms with E-state index >= 15 is 0 Å². The van der Waals surface area contributed by atoms with E-state index in [4.69, 9.17) is 4.74 Å². The number of ether oxygens (including phenoxy) is 1. The normalized spacial score (nSPS) is 27.3. The van der Waals surface area contributed by atoms with Crippen molar-refractivity contribution in [3.63, 3.8) is 0 Å². The lowest BCUT2D eigenvalue weighted by atomic mass is 10.0. The predicted molar refractivity (Wildman–Crippen MR) is 70.6 cm³/mol. The molecule has 0 aromatic heterocycles. The van der Waals surface area contributed by atoms with Crippen molar-refractivity contribution in [3.05, 3.63) is 0 Å². The molecule has 2 aliphatic rings. The highest BCUT2D eigenvalue weighted by Crippen LogP contribution is 2.12. The molecule has 108 valence electrons. The Bertz CT molecular complexity index is 329. The van der Waals surface area contributed by atoms with E-state index in [-0.39, 0.29) is 30.5 Å². The number of rotatable bonds is 4. The van der Waals surface area contributed by atoms with E-state index in [9.17, 15) is 9.59 Å². The topological polar surface area (TPSA) is 70.7 Å². The summed E-state index contributed by atoms with van der Waals surface area (Å²) < 4.78 is 4.87. The van der Waals surface area contributed by atoms with Crippen LogP contribution in [-0.2, 0) is 14.3 Å². The molecule has 2 fully saturated rings. The van der Waals surface area contributed by atoms with Gasteiger partial charge in [0, 0.05) is 26.2 Å². The maximum atomic E-state index is 12.0. The van der Waals surface area contributed by atoms with Gasteiger partial charge < -0.3 is 20.3 Å². The molecule has 0 bridgehead atoms. The molecule has 2 aliphatic heterocycles. The number of carbonyl (C=O) groups excluding carboxylic acids is 2. The zero-order valence-electron chi connectivity index (χ0n) is 11.5. The Morgan fingerprint density at radius 2 is 2.21 bits per heavy atom. The Hall–Kier alpha value is -1.14. The summed E-state index contributed by atoms with van der Waals surface area (Å²) in [7, 11) is 1.52. The van der Waals surface area contributed by atoms with E-state index in [0.29, 0.717) is 6.54 Å². The lowest BCUT2D eigenvalue weighted by Crippen LogP contribution is -2.53. The summed E-state index contributed by atoms with van der Waals surface area (Å²) in [5.41, 5.74) is 0. The largest absolute Gasteiger partial charge is 0.375 e. The number of methoxy groups -OCH3 is 1. The quantitative estimate of drug-likeness (QED) is 0.721. The summed E-state index contributed by atoms with van der Waals surface area (Å²) in [5.74, 6) is 0.0731. The highest BCUT2D eigenvalue weighted by atomic mass is 16.5. The third kappa shape index (κ3) is 3.91. The third-order valence-corrected chi connectivity index (χ3v) is 3.77. The lowest BCUT2D eigenvalue weighted by molar-refractivity contribution is -0.137. The SMILES string of the molecule is COCC(=O)N1CCCC(NC(=O)[C@@H]2CCCN2)C1. The van der Waals surface area contributed by atoms with Gasteiger partial charge >= 0.3 is 0 Å². The number of piperidine rings is 1. The van der Waals surface area contributed by atoms with Gasteiger partial charge in [0.1, 0.15) is 6.61 Å². The van der Waals surface area contributed by atoms with Gasteiger partial charge in [-0.1, -0.05) is 0 Å². The molecule has 2 amide bonds. The van der Waals surface area contributed by atoms with Gasteiger partial charge in [-0.3, -0.25) is 9.59 Å². The van der Waals surface area contributed by atoms with Gasteiger partial charge in [-0.05, 0) is 32.2 Å². The average Bonchev–Trinajstić information content (AvgIpc) is 2.93. The maximum absolute atomic E-state index is 12.0. The van der Waals surface area contributed by atoms with Crippen molar-refractivity contribution in [2.45, 2.75) is 37.8 Å². The molecule has 0 aromatic carbocycles. The van der Waals surface area contributed by atoms with Crippen molar-refractivity contribution < 1.29 is 14.3 Å². The fourth-order valence-electron chi connectivity index (χ4n) is 2.75. The van der Waals surface area contributed by atoms with Gasteiger partial charge in [0.25, 0.3) is 0 Å². The molecule has 1 unspecified atom stereocenters. The third-order valence-electron chi connectivity index (χ3n) is 3.77. The number of hydrogen-bond donors (Lipinski definition) is 2. The number of nitrogens with one attached hydrogen (secondary N) is 2. The summed E-state index contributed by atoms with van der Waals surface area (Å²) in [4.78, 5) is 25.6. The van der Waals surface area contributed by atoms with Crippen molar-refractivity contribution >= 4 is 11.8 Å². The average molecular weight is 269 g/mol. The van der Waals surface area contributed by atoms with E-state index in [1.165, 1.54) is 7.11 Å². The highest BCUT2D eigenvalue weighted by Gasteiger charge is 2.28. The van der Waals surface area contributed by atoms with Crippen molar-refractivity contribution in [1.29, 1.82) is 0 Å². The van der Waals surface area contributed by atoms with Crippen LogP contribution in [0, 0.1) is 0 Å². The first kappa shape index (κ1) is 14.3. The molecule has 2 rings (SSSR count). The second-order valence-corrected chi connectivity index (χ2v) is 5.27. The summed E-state index contributed by atoms with van der Waals surface area (Å²) in [5, 5.41) is 6.24. The van der Waals surface area contributed by atoms with Crippen LogP contribution < -0.4 is 10.6 Å². The van der Waals surface area contributed by atoms with Crippen LogP contribution in [0.4, 0.5) is 0 Å². The summed E-state index contributed by atoms with van der Waals surface area (Å²) in [6, 6.07) is 0.0227. The maximum Gasteiger partial charge on any atom is 0.248 e. The summed E-state index contributed by atoms with van der Waals surface area (Å²) in [6.45, 7) is 2.39. The smallest absolute Gasteiger partial charge is 0.248 e. The predicted octanol–water partition coefficient (Wildman–Crippen LogP) is -0.508. The molecule has 6 heteroatoms. The Morgan fingerprint density at radius 3 is 2.89 bits per heavy atom.